The van der Waals surface area contributed by atoms with Crippen molar-refractivity contribution in [3.05, 3.63) is 105 Å². The minimum absolute atomic E-state index is 0.196. The van der Waals surface area contributed by atoms with Crippen molar-refractivity contribution in [3.63, 3.8) is 0 Å². The SMILES string of the molecule is Cc1ccc(-c2cc(C(=O)O)c(C(=O)O)c(-c3ccc(C)cc3C)c2-c2ccc(C)cc2C)c(C)c1. The Balaban J connectivity index is 2.32. The van der Waals surface area contributed by atoms with Crippen molar-refractivity contribution in [1.29, 1.82) is 0 Å². The Morgan fingerprint density at radius 2 is 0.917 bits per heavy atom. The van der Waals surface area contributed by atoms with Crippen LogP contribution in [-0.2, 0) is 0 Å². The summed E-state index contributed by atoms with van der Waals surface area (Å²) in [5.41, 5.74) is 10.0. The molecule has 0 saturated heterocycles. The van der Waals surface area contributed by atoms with E-state index in [1.165, 1.54) is 6.07 Å². The molecule has 0 spiro atoms. The number of carboxylic acids is 2. The number of hydrogen-bond donors (Lipinski definition) is 2. The van der Waals surface area contributed by atoms with Crippen LogP contribution in [0.2, 0.25) is 0 Å². The summed E-state index contributed by atoms with van der Waals surface area (Å²) in [5.74, 6) is -2.53. The number of carbonyl (C=O) groups is 2. The highest BCUT2D eigenvalue weighted by Crippen LogP contribution is 2.46. The molecule has 0 radical (unpaired) electrons. The Hall–Kier alpha value is -4.18. The zero-order valence-electron chi connectivity index (χ0n) is 21.5. The Morgan fingerprint density at radius 1 is 0.500 bits per heavy atom. The topological polar surface area (TPSA) is 74.6 Å². The minimum Gasteiger partial charge on any atom is -0.478 e. The van der Waals surface area contributed by atoms with Gasteiger partial charge in [0.25, 0.3) is 0 Å². The second-order valence-electron chi connectivity index (χ2n) is 9.66. The standard InChI is InChI=1S/C32H30O4/c1-17-7-10-23(20(4)13-17)26-16-27(31(33)34)30(32(35)36)29(25-12-9-19(3)15-22(25)6)28(26)24-11-8-18(2)14-21(24)5/h7-16H,1-6H3,(H,33,34)(H,35,36). The molecule has 182 valence electrons. The average molecular weight is 479 g/mol. The van der Waals surface area contributed by atoms with Crippen LogP contribution in [0.5, 0.6) is 0 Å². The fourth-order valence-electron chi connectivity index (χ4n) is 5.14. The van der Waals surface area contributed by atoms with Crippen molar-refractivity contribution in [2.75, 3.05) is 0 Å². The molecule has 4 aromatic carbocycles. The molecule has 0 aromatic heterocycles. The zero-order chi connectivity index (χ0) is 26.3. The predicted molar refractivity (Wildman–Crippen MR) is 145 cm³/mol. The highest BCUT2D eigenvalue weighted by molar-refractivity contribution is 6.13. The van der Waals surface area contributed by atoms with Gasteiger partial charge in [0.15, 0.2) is 0 Å². The Morgan fingerprint density at radius 3 is 1.31 bits per heavy atom. The number of hydrogen-bond acceptors (Lipinski definition) is 2. The van der Waals surface area contributed by atoms with Crippen LogP contribution in [-0.4, -0.2) is 22.2 Å². The summed E-state index contributed by atoms with van der Waals surface area (Å²) in [4.78, 5) is 25.2. The summed E-state index contributed by atoms with van der Waals surface area (Å²) in [6.45, 7) is 11.9. The van der Waals surface area contributed by atoms with Gasteiger partial charge in [-0.15, -0.1) is 0 Å². The van der Waals surface area contributed by atoms with Crippen LogP contribution in [0.25, 0.3) is 33.4 Å². The summed E-state index contributed by atoms with van der Waals surface area (Å²) in [6, 6.07) is 19.5. The first-order valence-corrected chi connectivity index (χ1v) is 11.9. The van der Waals surface area contributed by atoms with Crippen molar-refractivity contribution in [2.45, 2.75) is 41.5 Å². The van der Waals surface area contributed by atoms with Gasteiger partial charge in [0.1, 0.15) is 0 Å². The smallest absolute Gasteiger partial charge is 0.337 e. The quantitative estimate of drug-likeness (QED) is 0.305. The third-order valence-corrected chi connectivity index (χ3v) is 6.75. The van der Waals surface area contributed by atoms with Crippen molar-refractivity contribution in [3.8, 4) is 33.4 Å². The van der Waals surface area contributed by atoms with Gasteiger partial charge < -0.3 is 10.2 Å². The highest BCUT2D eigenvalue weighted by atomic mass is 16.4. The van der Waals surface area contributed by atoms with Crippen LogP contribution < -0.4 is 0 Å². The fourth-order valence-corrected chi connectivity index (χ4v) is 5.14. The molecule has 0 aliphatic rings. The first kappa shape index (κ1) is 24.9. The minimum atomic E-state index is -1.27. The molecular weight excluding hydrogens is 448 g/mol. The number of rotatable bonds is 5. The monoisotopic (exact) mass is 478 g/mol. The molecule has 0 amide bonds. The summed E-state index contributed by atoms with van der Waals surface area (Å²) in [7, 11) is 0. The Labute approximate surface area is 211 Å². The van der Waals surface area contributed by atoms with Gasteiger partial charge in [-0.2, -0.15) is 0 Å². The Bertz CT molecular complexity index is 1540. The van der Waals surface area contributed by atoms with Gasteiger partial charge in [0.2, 0.25) is 0 Å². The summed E-state index contributed by atoms with van der Waals surface area (Å²) >= 11 is 0. The maximum absolute atomic E-state index is 12.7. The van der Waals surface area contributed by atoms with Gasteiger partial charge >= 0.3 is 11.9 Å². The van der Waals surface area contributed by atoms with Crippen LogP contribution in [0.1, 0.15) is 54.1 Å². The van der Waals surface area contributed by atoms with E-state index >= 15 is 0 Å². The summed E-state index contributed by atoms with van der Waals surface area (Å²) < 4.78 is 0. The highest BCUT2D eigenvalue weighted by Gasteiger charge is 2.29. The molecule has 4 aromatic rings. The van der Waals surface area contributed by atoms with E-state index < -0.39 is 11.9 Å². The number of carboxylic acid groups (broad SMARTS) is 2. The lowest BCUT2D eigenvalue weighted by molar-refractivity contribution is 0.0652. The maximum atomic E-state index is 12.7. The molecule has 2 N–H and O–H groups in total. The lowest BCUT2D eigenvalue weighted by Gasteiger charge is -2.24. The molecule has 0 fully saturated rings. The van der Waals surface area contributed by atoms with Crippen LogP contribution in [0.3, 0.4) is 0 Å². The zero-order valence-corrected chi connectivity index (χ0v) is 21.5. The van der Waals surface area contributed by atoms with E-state index in [-0.39, 0.29) is 11.1 Å². The summed E-state index contributed by atoms with van der Waals surface area (Å²) in [6.07, 6.45) is 0. The molecule has 4 nitrogen and oxygen atoms in total. The molecule has 0 saturated carbocycles. The lowest BCUT2D eigenvalue weighted by Crippen LogP contribution is -2.13. The van der Waals surface area contributed by atoms with Gasteiger partial charge in [-0.3, -0.25) is 0 Å². The third kappa shape index (κ3) is 4.42. The van der Waals surface area contributed by atoms with Gasteiger partial charge in [-0.1, -0.05) is 71.3 Å². The van der Waals surface area contributed by atoms with Crippen LogP contribution in [0, 0.1) is 41.5 Å². The first-order valence-electron chi connectivity index (χ1n) is 11.9. The molecule has 4 rings (SSSR count). The molecule has 4 heteroatoms. The van der Waals surface area contributed by atoms with Gasteiger partial charge in [0, 0.05) is 5.56 Å². The van der Waals surface area contributed by atoms with Crippen molar-refractivity contribution in [2.24, 2.45) is 0 Å². The molecule has 0 aliphatic carbocycles. The number of aryl methyl sites for hydroxylation is 6. The van der Waals surface area contributed by atoms with E-state index in [1.807, 2.05) is 84.0 Å². The third-order valence-electron chi connectivity index (χ3n) is 6.75. The van der Waals surface area contributed by atoms with E-state index in [9.17, 15) is 19.8 Å². The fraction of sp³-hybridized carbons (Fsp3) is 0.188. The maximum Gasteiger partial charge on any atom is 0.337 e. The number of aromatic carboxylic acids is 2. The summed E-state index contributed by atoms with van der Waals surface area (Å²) in [5, 5.41) is 20.5. The normalized spacial score (nSPS) is 10.9. The van der Waals surface area contributed by atoms with Gasteiger partial charge in [-0.05, 0) is 92.1 Å². The first-order chi connectivity index (χ1) is 17.0. The molecule has 0 aliphatic heterocycles. The largest absolute Gasteiger partial charge is 0.478 e. The molecule has 0 unspecified atom stereocenters. The Kier molecular flexibility index (Phi) is 6.55. The van der Waals surface area contributed by atoms with Crippen molar-refractivity contribution < 1.29 is 19.8 Å². The van der Waals surface area contributed by atoms with E-state index in [2.05, 4.69) is 12.1 Å². The lowest BCUT2D eigenvalue weighted by atomic mass is 9.79. The van der Waals surface area contributed by atoms with E-state index in [0.29, 0.717) is 16.7 Å². The van der Waals surface area contributed by atoms with E-state index in [1.54, 1.807) is 0 Å². The molecule has 0 bridgehead atoms. The second-order valence-corrected chi connectivity index (χ2v) is 9.66. The van der Waals surface area contributed by atoms with Crippen molar-refractivity contribution >= 4 is 11.9 Å². The van der Waals surface area contributed by atoms with Crippen LogP contribution >= 0.6 is 0 Å². The van der Waals surface area contributed by atoms with Gasteiger partial charge in [-0.25, -0.2) is 9.59 Å². The molecular formula is C32H30O4. The molecule has 0 heterocycles. The van der Waals surface area contributed by atoms with E-state index in [0.717, 1.165) is 50.1 Å². The number of benzene rings is 4. The average Bonchev–Trinajstić information content (AvgIpc) is 2.78. The molecule has 0 atom stereocenters. The van der Waals surface area contributed by atoms with Crippen LogP contribution in [0.4, 0.5) is 0 Å². The van der Waals surface area contributed by atoms with Crippen LogP contribution in [0.15, 0.2) is 60.7 Å². The van der Waals surface area contributed by atoms with Gasteiger partial charge in [0.05, 0.1) is 11.1 Å². The molecule has 36 heavy (non-hydrogen) atoms. The van der Waals surface area contributed by atoms with E-state index in [4.69, 9.17) is 0 Å². The second kappa shape index (κ2) is 9.46. The van der Waals surface area contributed by atoms with Crippen molar-refractivity contribution in [1.82, 2.24) is 0 Å². The predicted octanol–water partition coefficient (Wildman–Crippen LogP) is 7.93.